The second-order valence-corrected chi connectivity index (χ2v) is 8.52. The number of amides is 4. The monoisotopic (exact) mass is 445 g/mol. The van der Waals surface area contributed by atoms with Crippen LogP contribution in [0.3, 0.4) is 0 Å². The number of urea groups is 1. The Morgan fingerprint density at radius 3 is 2.33 bits per heavy atom. The van der Waals surface area contributed by atoms with Crippen molar-refractivity contribution < 1.29 is 14.4 Å². The Labute approximate surface area is 184 Å². The van der Waals surface area contributed by atoms with E-state index in [-0.39, 0.29) is 24.8 Å². The van der Waals surface area contributed by atoms with Gasteiger partial charge in [0, 0.05) is 23.1 Å². The third-order valence-electron chi connectivity index (χ3n) is 5.77. The van der Waals surface area contributed by atoms with Crippen molar-refractivity contribution >= 4 is 41.0 Å². The Morgan fingerprint density at radius 1 is 1.00 bits per heavy atom. The molecule has 0 atom stereocenters. The largest absolute Gasteiger partial charge is 0.342 e. The van der Waals surface area contributed by atoms with Gasteiger partial charge in [0.25, 0.3) is 5.91 Å². The van der Waals surface area contributed by atoms with Crippen molar-refractivity contribution in [2.75, 3.05) is 13.1 Å². The van der Waals surface area contributed by atoms with Gasteiger partial charge < -0.3 is 10.2 Å². The summed E-state index contributed by atoms with van der Waals surface area (Å²) in [6, 6.07) is 13.9. The van der Waals surface area contributed by atoms with Crippen molar-refractivity contribution in [1.82, 2.24) is 15.1 Å². The van der Waals surface area contributed by atoms with Gasteiger partial charge in [0.2, 0.25) is 5.91 Å². The topological polar surface area (TPSA) is 69.7 Å². The molecule has 6 nitrogen and oxygen atoms in total. The third kappa shape index (κ3) is 4.02. The Hall–Kier alpha value is -2.57. The highest BCUT2D eigenvalue weighted by Gasteiger charge is 2.52. The summed E-state index contributed by atoms with van der Waals surface area (Å²) in [6.45, 7) is 0.960. The first kappa shape index (κ1) is 20.7. The minimum atomic E-state index is -0.949. The Morgan fingerprint density at radius 2 is 1.67 bits per heavy atom. The smallest absolute Gasteiger partial charge is 0.325 e. The number of carbonyl (C=O) groups excluding carboxylic acids is 3. The van der Waals surface area contributed by atoms with Crippen molar-refractivity contribution in [2.45, 2.75) is 31.3 Å². The minimum Gasteiger partial charge on any atom is -0.342 e. The maximum Gasteiger partial charge on any atom is 0.325 e. The van der Waals surface area contributed by atoms with E-state index in [1.165, 1.54) is 4.90 Å². The standard InChI is InChI=1S/C22H21Cl2N3O3/c23-17-7-5-15(6-8-17)13-19(28)26-11-9-22(10-12-26)20(29)27(21(30)25-22)14-16-3-1-2-4-18(16)24/h1-8H,9-14H2,(H,25,30). The predicted octanol–water partition coefficient (Wildman–Crippen LogP) is 3.65. The van der Waals surface area contributed by atoms with Gasteiger partial charge >= 0.3 is 6.03 Å². The summed E-state index contributed by atoms with van der Waals surface area (Å²) in [5.41, 5.74) is 0.659. The van der Waals surface area contributed by atoms with Gasteiger partial charge in [0.15, 0.2) is 0 Å². The quantitative estimate of drug-likeness (QED) is 0.730. The molecule has 30 heavy (non-hydrogen) atoms. The normalized spacial score (nSPS) is 18.1. The molecular weight excluding hydrogens is 425 g/mol. The molecule has 1 N–H and O–H groups in total. The number of carbonyl (C=O) groups is 3. The molecule has 0 saturated carbocycles. The van der Waals surface area contributed by atoms with Gasteiger partial charge in [-0.1, -0.05) is 53.5 Å². The molecule has 0 bridgehead atoms. The number of nitrogens with zero attached hydrogens (tertiary/aromatic N) is 2. The molecule has 2 fully saturated rings. The van der Waals surface area contributed by atoms with Crippen LogP contribution in [0.4, 0.5) is 4.79 Å². The van der Waals surface area contributed by atoms with E-state index in [0.717, 1.165) is 11.1 Å². The van der Waals surface area contributed by atoms with Crippen molar-refractivity contribution in [3.05, 3.63) is 69.7 Å². The number of nitrogens with one attached hydrogen (secondary N) is 1. The van der Waals surface area contributed by atoms with Crippen LogP contribution in [-0.2, 0) is 22.6 Å². The van der Waals surface area contributed by atoms with Crippen LogP contribution in [0.2, 0.25) is 10.0 Å². The highest BCUT2D eigenvalue weighted by Crippen LogP contribution is 2.31. The molecule has 0 unspecified atom stereocenters. The lowest BCUT2D eigenvalue weighted by Crippen LogP contribution is -2.56. The minimum absolute atomic E-state index is 0.00290. The van der Waals surface area contributed by atoms with Crippen LogP contribution in [0.15, 0.2) is 48.5 Å². The SMILES string of the molecule is O=C(Cc1ccc(Cl)cc1)N1CCC2(CC1)NC(=O)N(Cc1ccccc1Cl)C2=O. The van der Waals surface area contributed by atoms with Gasteiger partial charge in [0.05, 0.1) is 13.0 Å². The van der Waals surface area contributed by atoms with Crippen LogP contribution in [0.25, 0.3) is 0 Å². The number of benzene rings is 2. The molecule has 2 aromatic rings. The second kappa shape index (κ2) is 8.28. The molecule has 0 radical (unpaired) electrons. The molecule has 8 heteroatoms. The van der Waals surface area contributed by atoms with Gasteiger partial charge in [-0.15, -0.1) is 0 Å². The van der Waals surface area contributed by atoms with Crippen molar-refractivity contribution in [2.24, 2.45) is 0 Å². The number of hydrogen-bond acceptors (Lipinski definition) is 3. The summed E-state index contributed by atoms with van der Waals surface area (Å²) in [6.07, 6.45) is 1.06. The molecule has 2 heterocycles. The first-order valence-corrected chi connectivity index (χ1v) is 10.5. The number of imide groups is 1. The van der Waals surface area contributed by atoms with Gasteiger partial charge in [-0.05, 0) is 42.2 Å². The summed E-state index contributed by atoms with van der Waals surface area (Å²) in [5, 5.41) is 4.01. The van der Waals surface area contributed by atoms with Crippen molar-refractivity contribution in [3.8, 4) is 0 Å². The maximum atomic E-state index is 13.1. The first-order chi connectivity index (χ1) is 14.4. The van der Waals surface area contributed by atoms with Crippen LogP contribution in [0.1, 0.15) is 24.0 Å². The van der Waals surface area contributed by atoms with E-state index in [1.807, 2.05) is 18.2 Å². The fraction of sp³-hybridized carbons (Fsp3) is 0.318. The molecular formula is C22H21Cl2N3O3. The van der Waals surface area contributed by atoms with Crippen LogP contribution in [-0.4, -0.2) is 46.3 Å². The highest BCUT2D eigenvalue weighted by atomic mass is 35.5. The molecule has 2 aliphatic rings. The van der Waals surface area contributed by atoms with E-state index >= 15 is 0 Å². The van der Waals surface area contributed by atoms with E-state index in [4.69, 9.17) is 23.2 Å². The summed E-state index contributed by atoms with van der Waals surface area (Å²) in [5.74, 6) is -0.255. The molecule has 1 spiro atoms. The predicted molar refractivity (Wildman–Crippen MR) is 114 cm³/mol. The van der Waals surface area contributed by atoms with E-state index in [1.54, 1.807) is 35.2 Å². The zero-order chi connectivity index (χ0) is 21.3. The molecule has 4 rings (SSSR count). The average Bonchev–Trinajstić information content (AvgIpc) is 2.96. The molecule has 156 valence electrons. The van der Waals surface area contributed by atoms with Crippen LogP contribution in [0.5, 0.6) is 0 Å². The number of likely N-dealkylation sites (tertiary alicyclic amines) is 1. The average molecular weight is 446 g/mol. The molecule has 4 amide bonds. The summed E-state index contributed by atoms with van der Waals surface area (Å²) < 4.78 is 0. The van der Waals surface area contributed by atoms with E-state index in [2.05, 4.69) is 5.32 Å². The summed E-state index contributed by atoms with van der Waals surface area (Å²) in [7, 11) is 0. The molecule has 2 saturated heterocycles. The van der Waals surface area contributed by atoms with Gasteiger partial charge in [-0.3, -0.25) is 14.5 Å². The van der Waals surface area contributed by atoms with Gasteiger partial charge in [0.1, 0.15) is 5.54 Å². The lowest BCUT2D eigenvalue weighted by atomic mass is 9.87. The van der Waals surface area contributed by atoms with Crippen LogP contribution < -0.4 is 5.32 Å². The van der Waals surface area contributed by atoms with Crippen LogP contribution in [0, 0.1) is 0 Å². The van der Waals surface area contributed by atoms with E-state index in [9.17, 15) is 14.4 Å². The number of rotatable bonds is 4. The number of hydrogen-bond donors (Lipinski definition) is 1. The number of halogens is 2. The van der Waals surface area contributed by atoms with E-state index in [0.29, 0.717) is 36.0 Å². The van der Waals surface area contributed by atoms with Crippen LogP contribution >= 0.6 is 23.2 Å². The Kier molecular flexibility index (Phi) is 5.71. The van der Waals surface area contributed by atoms with Crippen molar-refractivity contribution in [3.63, 3.8) is 0 Å². The molecule has 2 aromatic carbocycles. The molecule has 0 aliphatic carbocycles. The molecule has 2 aliphatic heterocycles. The van der Waals surface area contributed by atoms with E-state index < -0.39 is 11.6 Å². The zero-order valence-corrected chi connectivity index (χ0v) is 17.7. The fourth-order valence-electron chi connectivity index (χ4n) is 3.98. The Balaban J connectivity index is 1.39. The van der Waals surface area contributed by atoms with Gasteiger partial charge in [-0.2, -0.15) is 0 Å². The third-order valence-corrected chi connectivity index (χ3v) is 6.39. The highest BCUT2D eigenvalue weighted by molar-refractivity contribution is 6.31. The summed E-state index contributed by atoms with van der Waals surface area (Å²) >= 11 is 12.1. The first-order valence-electron chi connectivity index (χ1n) is 9.78. The summed E-state index contributed by atoms with van der Waals surface area (Å²) in [4.78, 5) is 41.2. The Bertz CT molecular complexity index is 985. The maximum absolute atomic E-state index is 13.1. The second-order valence-electron chi connectivity index (χ2n) is 7.68. The number of piperidine rings is 1. The lowest BCUT2D eigenvalue weighted by molar-refractivity contribution is -0.138. The molecule has 0 aromatic heterocycles. The zero-order valence-electron chi connectivity index (χ0n) is 16.2. The van der Waals surface area contributed by atoms with Crippen molar-refractivity contribution in [1.29, 1.82) is 0 Å². The lowest BCUT2D eigenvalue weighted by Gasteiger charge is -2.37. The van der Waals surface area contributed by atoms with Gasteiger partial charge in [-0.25, -0.2) is 4.79 Å². The fourth-order valence-corrected chi connectivity index (χ4v) is 4.30.